The molecule has 0 bridgehead atoms. The molecule has 0 spiro atoms. The Labute approximate surface area is 93.3 Å². The van der Waals surface area contributed by atoms with Gasteiger partial charge in [0.2, 0.25) is 0 Å². The molecule has 90 valence electrons. The zero-order valence-electron chi connectivity index (χ0n) is 10.3. The maximum atomic E-state index is 10.9. The van der Waals surface area contributed by atoms with Gasteiger partial charge in [0.25, 0.3) is 0 Å². The van der Waals surface area contributed by atoms with Gasteiger partial charge in [-0.2, -0.15) is 0 Å². The van der Waals surface area contributed by atoms with Crippen molar-refractivity contribution in [1.82, 2.24) is 5.32 Å². The molecule has 0 heterocycles. The lowest BCUT2D eigenvalue weighted by molar-refractivity contribution is -0.139. The van der Waals surface area contributed by atoms with Gasteiger partial charge in [-0.05, 0) is 18.9 Å². The molecule has 2 N–H and O–H groups in total. The summed E-state index contributed by atoms with van der Waals surface area (Å²) in [6.07, 6.45) is 5.30. The van der Waals surface area contributed by atoms with Gasteiger partial charge in [-0.25, -0.2) is 0 Å². The van der Waals surface area contributed by atoms with E-state index in [1.807, 2.05) is 0 Å². The number of hydrogen-bond acceptors (Lipinski definition) is 2. The van der Waals surface area contributed by atoms with Crippen LogP contribution in [0.1, 0.15) is 52.9 Å². The van der Waals surface area contributed by atoms with Crippen molar-refractivity contribution in [2.75, 3.05) is 6.54 Å². The van der Waals surface area contributed by atoms with Crippen molar-refractivity contribution >= 4 is 5.97 Å². The summed E-state index contributed by atoms with van der Waals surface area (Å²) in [7, 11) is 0. The summed E-state index contributed by atoms with van der Waals surface area (Å²) < 4.78 is 0. The topological polar surface area (TPSA) is 49.3 Å². The third kappa shape index (κ3) is 8.43. The molecule has 1 unspecified atom stereocenters. The highest BCUT2D eigenvalue weighted by Crippen LogP contribution is 2.06. The molecule has 0 aliphatic heterocycles. The molecule has 0 rings (SSSR count). The largest absolute Gasteiger partial charge is 0.480 e. The third-order valence-electron chi connectivity index (χ3n) is 2.42. The Hall–Kier alpha value is -0.570. The van der Waals surface area contributed by atoms with Gasteiger partial charge in [-0.1, -0.05) is 46.5 Å². The van der Waals surface area contributed by atoms with E-state index in [9.17, 15) is 4.79 Å². The minimum Gasteiger partial charge on any atom is -0.480 e. The number of hydrogen-bond donors (Lipinski definition) is 2. The molecule has 0 aliphatic carbocycles. The normalized spacial score (nSPS) is 13.1. The molecule has 0 aromatic carbocycles. The number of carboxylic acids is 1. The summed E-state index contributed by atoms with van der Waals surface area (Å²) in [5, 5.41) is 12.1. The average molecular weight is 215 g/mol. The standard InChI is InChI=1S/C12H25NO2/c1-4-5-6-7-8-11(12(14)15)13-9-10(2)3/h10-11,13H,4-9H2,1-3H3,(H,14,15). The summed E-state index contributed by atoms with van der Waals surface area (Å²) in [5.74, 6) is -0.213. The fourth-order valence-electron chi connectivity index (χ4n) is 1.47. The lowest BCUT2D eigenvalue weighted by Gasteiger charge is -2.15. The summed E-state index contributed by atoms with van der Waals surface area (Å²) >= 11 is 0. The first kappa shape index (κ1) is 14.4. The minimum atomic E-state index is -0.716. The van der Waals surface area contributed by atoms with Crippen LogP contribution < -0.4 is 5.32 Å². The summed E-state index contributed by atoms with van der Waals surface area (Å²) in [5.41, 5.74) is 0. The second-order valence-electron chi connectivity index (χ2n) is 4.54. The van der Waals surface area contributed by atoms with E-state index in [4.69, 9.17) is 5.11 Å². The maximum absolute atomic E-state index is 10.9. The summed E-state index contributed by atoms with van der Waals surface area (Å²) in [6, 6.07) is -0.357. The van der Waals surface area contributed by atoms with Crippen LogP contribution in [0.2, 0.25) is 0 Å². The van der Waals surface area contributed by atoms with Crippen LogP contribution in [0.5, 0.6) is 0 Å². The number of aliphatic carboxylic acids is 1. The molecule has 0 fully saturated rings. The molecule has 0 aromatic heterocycles. The molecular weight excluding hydrogens is 190 g/mol. The smallest absolute Gasteiger partial charge is 0.320 e. The van der Waals surface area contributed by atoms with Crippen LogP contribution in [0.3, 0.4) is 0 Å². The number of nitrogens with one attached hydrogen (secondary N) is 1. The molecule has 0 aliphatic rings. The fraction of sp³-hybridized carbons (Fsp3) is 0.917. The van der Waals surface area contributed by atoms with Crippen molar-refractivity contribution < 1.29 is 9.90 Å². The van der Waals surface area contributed by atoms with E-state index in [0.717, 1.165) is 25.8 Å². The molecule has 0 amide bonds. The van der Waals surface area contributed by atoms with E-state index in [-0.39, 0.29) is 6.04 Å². The van der Waals surface area contributed by atoms with Gasteiger partial charge in [0.05, 0.1) is 0 Å². The van der Waals surface area contributed by atoms with Crippen molar-refractivity contribution in [3.63, 3.8) is 0 Å². The minimum absolute atomic E-state index is 0.357. The van der Waals surface area contributed by atoms with Gasteiger partial charge in [0.1, 0.15) is 6.04 Å². The van der Waals surface area contributed by atoms with Crippen molar-refractivity contribution in [2.45, 2.75) is 58.9 Å². The lowest BCUT2D eigenvalue weighted by Crippen LogP contribution is -2.38. The average Bonchev–Trinajstić information content (AvgIpc) is 2.15. The molecule has 1 atom stereocenters. The monoisotopic (exact) mass is 215 g/mol. The first-order valence-electron chi connectivity index (χ1n) is 6.04. The SMILES string of the molecule is CCCCCCC(NCC(C)C)C(=O)O. The van der Waals surface area contributed by atoms with E-state index in [2.05, 4.69) is 26.1 Å². The first-order chi connectivity index (χ1) is 7.07. The van der Waals surface area contributed by atoms with Gasteiger partial charge >= 0.3 is 5.97 Å². The highest BCUT2D eigenvalue weighted by Gasteiger charge is 2.15. The van der Waals surface area contributed by atoms with E-state index in [1.54, 1.807) is 0 Å². The fourth-order valence-corrected chi connectivity index (χ4v) is 1.47. The molecular formula is C12H25NO2. The summed E-state index contributed by atoms with van der Waals surface area (Å²) in [6.45, 7) is 7.11. The third-order valence-corrected chi connectivity index (χ3v) is 2.42. The van der Waals surface area contributed by atoms with Crippen LogP contribution in [0.15, 0.2) is 0 Å². The Kier molecular flexibility index (Phi) is 8.38. The van der Waals surface area contributed by atoms with Gasteiger partial charge in [-0.3, -0.25) is 4.79 Å². The van der Waals surface area contributed by atoms with Crippen molar-refractivity contribution in [2.24, 2.45) is 5.92 Å². The Morgan fingerprint density at radius 2 is 1.93 bits per heavy atom. The number of rotatable bonds is 9. The van der Waals surface area contributed by atoms with Gasteiger partial charge < -0.3 is 10.4 Å². The Balaban J connectivity index is 3.69. The Bertz CT molecular complexity index is 169. The number of carbonyl (C=O) groups is 1. The Morgan fingerprint density at radius 3 is 2.40 bits per heavy atom. The predicted octanol–water partition coefficient (Wildman–Crippen LogP) is 2.66. The van der Waals surface area contributed by atoms with E-state index in [1.165, 1.54) is 12.8 Å². The number of carboxylic acid groups (broad SMARTS) is 1. The lowest BCUT2D eigenvalue weighted by atomic mass is 10.1. The molecule has 0 radical (unpaired) electrons. The first-order valence-corrected chi connectivity index (χ1v) is 6.04. The van der Waals surface area contributed by atoms with Crippen LogP contribution >= 0.6 is 0 Å². The highest BCUT2D eigenvalue weighted by atomic mass is 16.4. The Morgan fingerprint density at radius 1 is 1.27 bits per heavy atom. The van der Waals surface area contributed by atoms with E-state index in [0.29, 0.717) is 5.92 Å². The van der Waals surface area contributed by atoms with Crippen LogP contribution in [0.25, 0.3) is 0 Å². The van der Waals surface area contributed by atoms with E-state index < -0.39 is 5.97 Å². The van der Waals surface area contributed by atoms with Crippen molar-refractivity contribution in [1.29, 1.82) is 0 Å². The zero-order chi connectivity index (χ0) is 11.7. The van der Waals surface area contributed by atoms with Gasteiger partial charge in [-0.15, -0.1) is 0 Å². The highest BCUT2D eigenvalue weighted by molar-refractivity contribution is 5.73. The maximum Gasteiger partial charge on any atom is 0.320 e. The molecule has 3 nitrogen and oxygen atoms in total. The van der Waals surface area contributed by atoms with Gasteiger partial charge in [0, 0.05) is 0 Å². The van der Waals surface area contributed by atoms with Gasteiger partial charge in [0.15, 0.2) is 0 Å². The van der Waals surface area contributed by atoms with Crippen molar-refractivity contribution in [3.05, 3.63) is 0 Å². The van der Waals surface area contributed by atoms with Crippen LogP contribution in [-0.4, -0.2) is 23.7 Å². The number of unbranched alkanes of at least 4 members (excludes halogenated alkanes) is 3. The second kappa shape index (κ2) is 8.72. The van der Waals surface area contributed by atoms with E-state index >= 15 is 0 Å². The van der Waals surface area contributed by atoms with Crippen LogP contribution in [0, 0.1) is 5.92 Å². The molecule has 0 aromatic rings. The summed E-state index contributed by atoms with van der Waals surface area (Å²) in [4.78, 5) is 10.9. The molecule has 15 heavy (non-hydrogen) atoms. The molecule has 3 heteroatoms. The molecule has 0 saturated carbocycles. The van der Waals surface area contributed by atoms with Crippen LogP contribution in [-0.2, 0) is 4.79 Å². The van der Waals surface area contributed by atoms with Crippen LogP contribution in [0.4, 0.5) is 0 Å². The zero-order valence-corrected chi connectivity index (χ0v) is 10.3. The molecule has 0 saturated heterocycles. The van der Waals surface area contributed by atoms with Crippen molar-refractivity contribution in [3.8, 4) is 0 Å². The second-order valence-corrected chi connectivity index (χ2v) is 4.54. The quantitative estimate of drug-likeness (QED) is 0.581. The predicted molar refractivity (Wildman–Crippen MR) is 63.0 cm³/mol.